The third-order valence-corrected chi connectivity index (χ3v) is 20.1. The van der Waals surface area contributed by atoms with E-state index >= 15 is 0 Å². The lowest BCUT2D eigenvalue weighted by molar-refractivity contribution is -0.170. The second-order valence-corrected chi connectivity index (χ2v) is 27.7. The van der Waals surface area contributed by atoms with Crippen molar-refractivity contribution < 1.29 is 38.1 Å². The Hall–Kier alpha value is -2.08. The molecule has 0 saturated carbocycles. The summed E-state index contributed by atoms with van der Waals surface area (Å²) < 4.78 is 26.0. The van der Waals surface area contributed by atoms with Gasteiger partial charge >= 0.3 is 23.9 Å². The van der Waals surface area contributed by atoms with Crippen LogP contribution in [0.25, 0.3) is 0 Å². The highest BCUT2D eigenvalue weighted by atomic mass is 32.2. The minimum atomic E-state index is -1.43. The molecule has 8 nitrogen and oxygen atoms in total. The van der Waals surface area contributed by atoms with Crippen LogP contribution in [0.2, 0.25) is 0 Å². The van der Waals surface area contributed by atoms with Crippen molar-refractivity contribution in [1.29, 1.82) is 0 Å². The number of carbonyl (C=O) groups is 4. The summed E-state index contributed by atoms with van der Waals surface area (Å²) in [7, 11) is 0. The van der Waals surface area contributed by atoms with E-state index < -0.39 is 29.3 Å². The SMILES string of the molecule is O=C(CCSC(=S)SCc1ccccc1)OCC(COC(=O)CCSC(=S)SCc1ccccc1)(COC(=O)CCSC(=S)SCc1ccccc1)COC(=O)CCSC(=S)SCc1ccccc1. The van der Waals surface area contributed by atoms with Gasteiger partial charge in [-0.1, -0.05) is 170 Å². The topological polar surface area (TPSA) is 105 Å². The van der Waals surface area contributed by atoms with Crippen molar-refractivity contribution >= 4 is 181 Å². The molecule has 0 bridgehead atoms. The standard InChI is InChI=1S/C49H52O8S12/c50-41(21-25-62-45(58)66-29-37-13-5-1-6-14-37)54-33-49(34-55-42(51)22-26-63-46(59)67-30-38-15-7-2-8-16-38,35-56-43(52)23-27-64-47(60)68-31-39-17-9-3-10-18-39)36-57-44(53)24-28-65-48(61)69-32-40-19-11-4-12-20-40/h1-20H,21-36H2. The lowest BCUT2D eigenvalue weighted by Crippen LogP contribution is -2.44. The van der Waals surface area contributed by atoms with E-state index in [4.69, 9.17) is 67.8 Å². The van der Waals surface area contributed by atoms with Crippen LogP contribution >= 0.6 is 143 Å². The van der Waals surface area contributed by atoms with Crippen molar-refractivity contribution in [2.24, 2.45) is 5.41 Å². The number of esters is 4. The van der Waals surface area contributed by atoms with Gasteiger partial charge in [-0.25, -0.2) is 0 Å². The van der Waals surface area contributed by atoms with E-state index in [0.29, 0.717) is 60.1 Å². The Morgan fingerprint density at radius 3 is 0.739 bits per heavy atom. The Labute approximate surface area is 461 Å². The van der Waals surface area contributed by atoms with Crippen LogP contribution in [0.15, 0.2) is 121 Å². The number of rotatable bonds is 28. The molecule has 0 aliphatic heterocycles. The summed E-state index contributed by atoms with van der Waals surface area (Å²) in [6, 6.07) is 39.8. The molecule has 0 unspecified atom stereocenters. The van der Waals surface area contributed by atoms with Gasteiger partial charge < -0.3 is 18.9 Å². The van der Waals surface area contributed by atoms with Crippen LogP contribution in [-0.4, -0.2) is 87.4 Å². The lowest BCUT2D eigenvalue weighted by atomic mass is 9.92. The fourth-order valence-corrected chi connectivity index (χ4v) is 13.8. The van der Waals surface area contributed by atoms with Crippen molar-refractivity contribution in [3.63, 3.8) is 0 Å². The molecule has 0 fully saturated rings. The molecule has 0 N–H and O–H groups in total. The molecular weight excluding hydrogens is 1100 g/mol. The Bertz CT molecular complexity index is 1910. The van der Waals surface area contributed by atoms with Crippen molar-refractivity contribution in [2.75, 3.05) is 49.4 Å². The van der Waals surface area contributed by atoms with Crippen LogP contribution in [-0.2, 0) is 61.1 Å². The average Bonchev–Trinajstić information content (AvgIpc) is 3.37. The smallest absolute Gasteiger partial charge is 0.306 e. The molecule has 69 heavy (non-hydrogen) atoms. The zero-order chi connectivity index (χ0) is 49.4. The minimum Gasteiger partial charge on any atom is -0.465 e. The van der Waals surface area contributed by atoms with E-state index in [9.17, 15) is 19.2 Å². The molecule has 4 rings (SSSR count). The molecule has 0 atom stereocenters. The molecule has 0 aliphatic rings. The third kappa shape index (κ3) is 28.1. The maximum absolute atomic E-state index is 13.3. The van der Waals surface area contributed by atoms with Crippen molar-refractivity contribution in [1.82, 2.24) is 0 Å². The fourth-order valence-electron chi connectivity index (χ4n) is 5.38. The normalized spacial score (nSPS) is 11.0. The van der Waals surface area contributed by atoms with Gasteiger partial charge in [0.25, 0.3) is 0 Å². The molecule has 0 radical (unpaired) electrons. The van der Waals surface area contributed by atoms with Gasteiger partial charge in [-0.3, -0.25) is 19.2 Å². The van der Waals surface area contributed by atoms with Gasteiger partial charge in [0.15, 0.2) is 0 Å². The number of hydrogen-bond donors (Lipinski definition) is 0. The van der Waals surface area contributed by atoms with Crippen LogP contribution in [0.5, 0.6) is 0 Å². The van der Waals surface area contributed by atoms with Crippen LogP contribution in [0.4, 0.5) is 0 Å². The van der Waals surface area contributed by atoms with Gasteiger partial charge in [-0.15, -0.1) is 94.1 Å². The molecule has 20 heteroatoms. The third-order valence-electron chi connectivity index (χ3n) is 9.06. The first kappa shape index (κ1) is 59.5. The van der Waals surface area contributed by atoms with Gasteiger partial charge in [0.1, 0.15) is 46.0 Å². The lowest BCUT2D eigenvalue weighted by Gasteiger charge is -2.31. The van der Waals surface area contributed by atoms with Crippen LogP contribution in [0.1, 0.15) is 47.9 Å². The molecular formula is C49H52O8S12. The van der Waals surface area contributed by atoms with E-state index in [-0.39, 0.29) is 52.1 Å². The summed E-state index contributed by atoms with van der Waals surface area (Å²) in [4.78, 5) is 53.0. The summed E-state index contributed by atoms with van der Waals surface area (Å²) >= 11 is 33.8. The predicted octanol–water partition coefficient (Wildman–Crippen LogP) is 13.5. The predicted molar refractivity (Wildman–Crippen MR) is 316 cm³/mol. The highest BCUT2D eigenvalue weighted by Crippen LogP contribution is 2.28. The Balaban J connectivity index is 1.37. The second kappa shape index (κ2) is 35.9. The molecule has 4 aromatic rings. The molecule has 4 aromatic carbocycles. The van der Waals surface area contributed by atoms with Crippen molar-refractivity contribution in [3.05, 3.63) is 144 Å². The summed E-state index contributed by atoms with van der Waals surface area (Å²) in [6.45, 7) is -1.46. The molecule has 0 heterocycles. The monoisotopic (exact) mass is 1150 g/mol. The van der Waals surface area contributed by atoms with Crippen LogP contribution in [0, 0.1) is 5.41 Å². The van der Waals surface area contributed by atoms with E-state index in [1.165, 1.54) is 94.1 Å². The van der Waals surface area contributed by atoms with Gasteiger partial charge in [0.2, 0.25) is 0 Å². The van der Waals surface area contributed by atoms with Crippen molar-refractivity contribution in [3.8, 4) is 0 Å². The zero-order valence-electron chi connectivity index (χ0n) is 37.5. The average molecular weight is 1150 g/mol. The number of thioether (sulfide) groups is 8. The number of ether oxygens (including phenoxy) is 4. The van der Waals surface area contributed by atoms with Gasteiger partial charge in [0.05, 0.1) is 25.7 Å². The van der Waals surface area contributed by atoms with Crippen molar-refractivity contribution in [2.45, 2.75) is 48.7 Å². The summed E-state index contributed by atoms with van der Waals surface area (Å²) in [5, 5.41) is 0. The van der Waals surface area contributed by atoms with E-state index in [1.54, 1.807) is 0 Å². The number of thiocarbonyl (C=S) groups is 4. The number of carbonyl (C=O) groups excluding carboxylic acids is 4. The number of hydrogen-bond acceptors (Lipinski definition) is 20. The fraction of sp³-hybridized carbons (Fsp3) is 0.347. The first-order valence-corrected chi connectivity index (χ1v) is 30.9. The summed E-state index contributed by atoms with van der Waals surface area (Å²) in [5.41, 5.74) is 3.14. The second-order valence-electron chi connectivity index (χ2n) is 14.6. The van der Waals surface area contributed by atoms with Crippen LogP contribution in [0.3, 0.4) is 0 Å². The van der Waals surface area contributed by atoms with Gasteiger partial charge in [0, 0.05) is 46.0 Å². The first-order chi connectivity index (χ1) is 33.5. The van der Waals surface area contributed by atoms with Gasteiger partial charge in [-0.05, 0) is 22.3 Å². The molecule has 0 amide bonds. The maximum atomic E-state index is 13.3. The zero-order valence-corrected chi connectivity index (χ0v) is 47.3. The molecule has 0 aliphatic carbocycles. The van der Waals surface area contributed by atoms with E-state index in [1.807, 2.05) is 121 Å². The van der Waals surface area contributed by atoms with E-state index in [2.05, 4.69) is 0 Å². The molecule has 0 aromatic heterocycles. The molecule has 0 spiro atoms. The number of benzene rings is 4. The Morgan fingerprint density at radius 2 is 0.536 bits per heavy atom. The Morgan fingerprint density at radius 1 is 0.333 bits per heavy atom. The quantitative estimate of drug-likeness (QED) is 0.0306. The largest absolute Gasteiger partial charge is 0.465 e. The highest BCUT2D eigenvalue weighted by molar-refractivity contribution is 8.48. The minimum absolute atomic E-state index is 0.0321. The maximum Gasteiger partial charge on any atom is 0.306 e. The molecule has 0 saturated heterocycles. The van der Waals surface area contributed by atoms with E-state index in [0.717, 1.165) is 22.3 Å². The van der Waals surface area contributed by atoms with Gasteiger partial charge in [-0.2, -0.15) is 0 Å². The summed E-state index contributed by atoms with van der Waals surface area (Å²) in [5.74, 6) is 2.19. The summed E-state index contributed by atoms with van der Waals surface area (Å²) in [6.07, 6.45) is 0.129. The Kier molecular flexibility index (Phi) is 31.0. The highest BCUT2D eigenvalue weighted by Gasteiger charge is 2.38. The molecule has 368 valence electrons. The first-order valence-electron chi connectivity index (χ1n) is 21.4. The van der Waals surface area contributed by atoms with Crippen LogP contribution < -0.4 is 0 Å².